The van der Waals surface area contributed by atoms with Gasteiger partial charge in [-0.3, -0.25) is 9.10 Å². The third-order valence-electron chi connectivity index (χ3n) is 5.61. The molecule has 0 aromatic heterocycles. The van der Waals surface area contributed by atoms with Crippen LogP contribution in [0.4, 0.5) is 5.69 Å². The number of nitrogens with one attached hydrogen (secondary N) is 1. The van der Waals surface area contributed by atoms with Gasteiger partial charge in [-0.1, -0.05) is 6.42 Å². The monoisotopic (exact) mass is 380 g/mol. The number of sulfonamides is 1. The van der Waals surface area contributed by atoms with Gasteiger partial charge in [0.25, 0.3) is 0 Å². The van der Waals surface area contributed by atoms with Gasteiger partial charge in [0.15, 0.2) is 0 Å². The lowest BCUT2D eigenvalue weighted by atomic mass is 9.95. The summed E-state index contributed by atoms with van der Waals surface area (Å²) in [6.07, 6.45) is 6.92. The first-order valence-corrected chi connectivity index (χ1v) is 11.1. The van der Waals surface area contributed by atoms with Crippen molar-refractivity contribution >= 4 is 21.6 Å². The minimum Gasteiger partial charge on any atom is -0.497 e. The Bertz CT molecular complexity index is 732. The number of anilines is 1. The molecule has 7 heteroatoms. The lowest BCUT2D eigenvalue weighted by molar-refractivity contribution is -0.122. The second-order valence-electron chi connectivity index (χ2n) is 7.49. The van der Waals surface area contributed by atoms with Crippen molar-refractivity contribution in [1.29, 1.82) is 0 Å². The van der Waals surface area contributed by atoms with Crippen LogP contribution in [0.2, 0.25) is 0 Å². The molecule has 2 fully saturated rings. The largest absolute Gasteiger partial charge is 0.497 e. The van der Waals surface area contributed by atoms with Crippen molar-refractivity contribution < 1.29 is 17.9 Å². The fourth-order valence-corrected chi connectivity index (χ4v) is 5.28. The molecular formula is C19H28N2O4S. The molecule has 1 N–H and O–H groups in total. The molecule has 2 saturated carbocycles. The van der Waals surface area contributed by atoms with Gasteiger partial charge in [-0.15, -0.1) is 0 Å². The maximum Gasteiger partial charge on any atom is 0.232 e. The standard InChI is InChI=1S/C19H28N2O4S/c1-25-17-9-7-16(8-10-17)21(26(2,23)24)11-3-4-19(22)20-18-13-14-5-6-15(18)12-14/h7-10,14-15,18H,3-6,11-13H2,1-2H3,(H,20,22)/t14-,15-,18-/m1/s1. The third kappa shape index (κ3) is 4.50. The van der Waals surface area contributed by atoms with Crippen molar-refractivity contribution in [3.8, 4) is 5.75 Å². The van der Waals surface area contributed by atoms with Crippen molar-refractivity contribution in [2.24, 2.45) is 11.8 Å². The van der Waals surface area contributed by atoms with E-state index in [4.69, 9.17) is 4.74 Å². The van der Waals surface area contributed by atoms with Crippen LogP contribution >= 0.6 is 0 Å². The normalized spacial score (nSPS) is 24.5. The highest BCUT2D eigenvalue weighted by Crippen LogP contribution is 2.44. The number of nitrogens with zero attached hydrogens (tertiary/aromatic N) is 1. The van der Waals surface area contributed by atoms with Gasteiger partial charge >= 0.3 is 0 Å². The highest BCUT2D eigenvalue weighted by Gasteiger charge is 2.39. The second-order valence-corrected chi connectivity index (χ2v) is 9.39. The number of benzene rings is 1. The van der Waals surface area contributed by atoms with Crippen LogP contribution in [-0.2, 0) is 14.8 Å². The van der Waals surface area contributed by atoms with Crippen LogP contribution in [0.1, 0.15) is 38.5 Å². The van der Waals surface area contributed by atoms with Gasteiger partial charge < -0.3 is 10.1 Å². The number of fused-ring (bicyclic) bond motifs is 2. The highest BCUT2D eigenvalue weighted by atomic mass is 32.2. The first-order chi connectivity index (χ1) is 12.4. The average molecular weight is 381 g/mol. The molecule has 1 amide bonds. The number of methoxy groups -OCH3 is 1. The lowest BCUT2D eigenvalue weighted by Crippen LogP contribution is -2.39. The van der Waals surface area contributed by atoms with Gasteiger partial charge in [0.2, 0.25) is 15.9 Å². The number of rotatable bonds is 8. The number of amides is 1. The molecule has 144 valence electrons. The van der Waals surface area contributed by atoms with E-state index in [1.807, 2.05) is 0 Å². The topological polar surface area (TPSA) is 75.7 Å². The first-order valence-electron chi connectivity index (χ1n) is 9.28. The molecule has 0 radical (unpaired) electrons. The van der Waals surface area contributed by atoms with Crippen molar-refractivity contribution in [2.75, 3.05) is 24.2 Å². The highest BCUT2D eigenvalue weighted by molar-refractivity contribution is 7.92. The van der Waals surface area contributed by atoms with E-state index in [1.54, 1.807) is 31.4 Å². The first kappa shape index (κ1) is 19.0. The van der Waals surface area contributed by atoms with E-state index in [2.05, 4.69) is 5.32 Å². The summed E-state index contributed by atoms with van der Waals surface area (Å²) in [6.45, 7) is 0.287. The Balaban J connectivity index is 1.52. The number of hydrogen-bond acceptors (Lipinski definition) is 4. The Morgan fingerprint density at radius 2 is 1.96 bits per heavy atom. The minimum absolute atomic E-state index is 0.0331. The fraction of sp³-hybridized carbons (Fsp3) is 0.632. The van der Waals surface area contributed by atoms with E-state index in [-0.39, 0.29) is 12.5 Å². The molecule has 1 aromatic carbocycles. The number of hydrogen-bond donors (Lipinski definition) is 1. The van der Waals surface area contributed by atoms with E-state index in [9.17, 15) is 13.2 Å². The van der Waals surface area contributed by atoms with Crippen LogP contribution in [0, 0.1) is 11.8 Å². The average Bonchev–Trinajstić information content (AvgIpc) is 3.21. The molecule has 3 rings (SSSR count). The number of carbonyl (C=O) groups is 1. The van der Waals surface area contributed by atoms with E-state index in [0.717, 1.165) is 12.3 Å². The fourth-order valence-electron chi connectivity index (χ4n) is 4.32. The maximum absolute atomic E-state index is 12.2. The molecule has 2 bridgehead atoms. The van der Waals surface area contributed by atoms with Crippen molar-refractivity contribution in [1.82, 2.24) is 5.32 Å². The third-order valence-corrected chi connectivity index (χ3v) is 6.80. The molecule has 0 spiro atoms. The SMILES string of the molecule is COc1ccc(N(CCCC(=O)N[C@@H]2C[C@@H]3CC[C@@H]2C3)S(C)(=O)=O)cc1. The molecule has 1 aromatic rings. The molecule has 0 unspecified atom stereocenters. The zero-order valence-corrected chi connectivity index (χ0v) is 16.3. The summed E-state index contributed by atoms with van der Waals surface area (Å²) in [4.78, 5) is 12.2. The molecule has 2 aliphatic carbocycles. The molecule has 2 aliphatic rings. The van der Waals surface area contributed by atoms with Gasteiger partial charge in [-0.25, -0.2) is 8.42 Å². The maximum atomic E-state index is 12.2. The summed E-state index contributed by atoms with van der Waals surface area (Å²) in [5, 5.41) is 3.15. The molecular weight excluding hydrogens is 352 g/mol. The van der Waals surface area contributed by atoms with Gasteiger partial charge in [0.1, 0.15) is 5.75 Å². The van der Waals surface area contributed by atoms with E-state index < -0.39 is 10.0 Å². The Morgan fingerprint density at radius 3 is 2.50 bits per heavy atom. The summed E-state index contributed by atoms with van der Waals surface area (Å²) in [6, 6.07) is 7.23. The van der Waals surface area contributed by atoms with E-state index in [0.29, 0.717) is 36.2 Å². The van der Waals surface area contributed by atoms with Crippen LogP contribution in [0.25, 0.3) is 0 Å². The number of carbonyl (C=O) groups excluding carboxylic acids is 1. The predicted molar refractivity (Wildman–Crippen MR) is 102 cm³/mol. The molecule has 3 atom stereocenters. The van der Waals surface area contributed by atoms with E-state index >= 15 is 0 Å². The van der Waals surface area contributed by atoms with E-state index in [1.165, 1.54) is 29.8 Å². The second kappa shape index (κ2) is 7.86. The zero-order valence-electron chi connectivity index (χ0n) is 15.5. The van der Waals surface area contributed by atoms with Gasteiger partial charge in [-0.05, 0) is 61.8 Å². The molecule has 0 heterocycles. The minimum atomic E-state index is -3.40. The predicted octanol–water partition coefficient (Wildman–Crippen LogP) is 2.55. The van der Waals surface area contributed by atoms with Crippen molar-refractivity contribution in [2.45, 2.75) is 44.6 Å². The van der Waals surface area contributed by atoms with Crippen LogP contribution in [-0.4, -0.2) is 40.3 Å². The Kier molecular flexibility index (Phi) is 5.75. The quantitative estimate of drug-likeness (QED) is 0.752. The summed E-state index contributed by atoms with van der Waals surface area (Å²) in [7, 11) is -1.84. The van der Waals surface area contributed by atoms with Gasteiger partial charge in [-0.2, -0.15) is 0 Å². The lowest BCUT2D eigenvalue weighted by Gasteiger charge is -2.24. The number of ether oxygens (including phenoxy) is 1. The van der Waals surface area contributed by atoms with Crippen molar-refractivity contribution in [3.05, 3.63) is 24.3 Å². The van der Waals surface area contributed by atoms with Crippen LogP contribution in [0.5, 0.6) is 5.75 Å². The van der Waals surface area contributed by atoms with Crippen LogP contribution in [0.3, 0.4) is 0 Å². The van der Waals surface area contributed by atoms with Crippen LogP contribution in [0.15, 0.2) is 24.3 Å². The molecule has 0 aliphatic heterocycles. The van der Waals surface area contributed by atoms with Gasteiger partial charge in [0, 0.05) is 19.0 Å². The van der Waals surface area contributed by atoms with Gasteiger partial charge in [0.05, 0.1) is 19.1 Å². The summed E-state index contributed by atoms with van der Waals surface area (Å²) >= 11 is 0. The Morgan fingerprint density at radius 1 is 1.23 bits per heavy atom. The smallest absolute Gasteiger partial charge is 0.232 e. The summed E-state index contributed by atoms with van der Waals surface area (Å²) in [5.74, 6) is 2.15. The van der Waals surface area contributed by atoms with Crippen molar-refractivity contribution in [3.63, 3.8) is 0 Å². The van der Waals surface area contributed by atoms with Crippen LogP contribution < -0.4 is 14.4 Å². The Hall–Kier alpha value is -1.76. The Labute approximate surface area is 156 Å². The summed E-state index contributed by atoms with van der Waals surface area (Å²) in [5.41, 5.74) is 0.585. The zero-order chi connectivity index (χ0) is 18.7. The molecule has 26 heavy (non-hydrogen) atoms. The summed E-state index contributed by atoms with van der Waals surface area (Å²) < 4.78 is 30.7. The molecule has 6 nitrogen and oxygen atoms in total. The molecule has 0 saturated heterocycles.